The van der Waals surface area contributed by atoms with Crippen LogP contribution in [-0.4, -0.2) is 35.6 Å². The number of nitrogens with zero attached hydrogens (tertiary/aromatic N) is 1. The molecule has 1 atom stereocenters. The molecule has 144 valence electrons. The first-order valence-electron chi connectivity index (χ1n) is 9.18. The minimum atomic E-state index is -2.38. The molecular weight excluding hydrogens is 337 g/mol. The third-order valence-corrected chi connectivity index (χ3v) is 4.08. The van der Waals surface area contributed by atoms with Gasteiger partial charge in [-0.1, -0.05) is 70.1 Å². The van der Waals surface area contributed by atoms with Crippen molar-refractivity contribution in [2.45, 2.75) is 64.8 Å². The monoisotopic (exact) mass is 372 g/mol. The van der Waals surface area contributed by atoms with E-state index in [4.69, 9.17) is 4.89 Å². The molecule has 25 heavy (non-hydrogen) atoms. The summed E-state index contributed by atoms with van der Waals surface area (Å²) in [4.78, 5) is 10.4. The van der Waals surface area contributed by atoms with E-state index >= 15 is 0 Å². The highest BCUT2D eigenvalue weighted by Gasteiger charge is 2.09. The normalized spacial score (nSPS) is 11.2. The van der Waals surface area contributed by atoms with Crippen molar-refractivity contribution in [2.75, 3.05) is 20.7 Å². The van der Waals surface area contributed by atoms with E-state index in [1.54, 1.807) is 6.07 Å². The van der Waals surface area contributed by atoms with Crippen LogP contribution >= 0.6 is 8.25 Å². The first kappa shape index (κ1) is 24.0. The maximum atomic E-state index is 10.1. The summed E-state index contributed by atoms with van der Waals surface area (Å²) >= 11 is 0. The third kappa shape index (κ3) is 16.2. The second-order valence-electron chi connectivity index (χ2n) is 6.41. The molecule has 0 saturated heterocycles. The van der Waals surface area contributed by atoms with Gasteiger partial charge in [-0.05, 0) is 26.6 Å². The average molecular weight is 372 g/mol. The molecule has 5 nitrogen and oxygen atoms in total. The van der Waals surface area contributed by atoms with Crippen LogP contribution in [0.3, 0.4) is 0 Å². The van der Waals surface area contributed by atoms with E-state index in [0.717, 1.165) is 24.9 Å². The molecule has 0 saturated carbocycles. The third-order valence-electron chi connectivity index (χ3n) is 3.68. The van der Waals surface area contributed by atoms with Crippen molar-refractivity contribution in [1.29, 1.82) is 0 Å². The van der Waals surface area contributed by atoms with Crippen molar-refractivity contribution in [1.82, 2.24) is 4.90 Å². The van der Waals surface area contributed by atoms with E-state index in [9.17, 15) is 9.67 Å². The van der Waals surface area contributed by atoms with Gasteiger partial charge in [0.15, 0.2) is 0 Å². The summed E-state index contributed by atoms with van der Waals surface area (Å²) < 4.78 is 14.7. The van der Waals surface area contributed by atoms with Gasteiger partial charge in [0.25, 0.3) is 0 Å². The van der Waals surface area contributed by atoms with Crippen molar-refractivity contribution in [3.63, 3.8) is 0 Å². The second-order valence-corrected chi connectivity index (χ2v) is 7.15. The van der Waals surface area contributed by atoms with Crippen molar-refractivity contribution in [2.24, 2.45) is 0 Å². The highest BCUT2D eigenvalue weighted by atomic mass is 31.1. The summed E-state index contributed by atoms with van der Waals surface area (Å²) in [5.74, 6) is 0.376. The van der Waals surface area contributed by atoms with Gasteiger partial charge in [0.2, 0.25) is 0 Å². The van der Waals surface area contributed by atoms with Crippen LogP contribution in [0.2, 0.25) is 0 Å². The smallest absolute Gasteiger partial charge is 0.508 e. The highest BCUT2D eigenvalue weighted by molar-refractivity contribution is 7.32. The fourth-order valence-electron chi connectivity index (χ4n) is 2.36. The fourth-order valence-corrected chi connectivity index (χ4v) is 2.65. The number of phenols is 1. The first-order valence-corrected chi connectivity index (χ1v) is 10.3. The van der Waals surface area contributed by atoms with E-state index in [1.807, 2.05) is 37.2 Å². The lowest BCUT2D eigenvalue weighted by Gasteiger charge is -2.10. The summed E-state index contributed by atoms with van der Waals surface area (Å²) in [6.45, 7) is 3.42. The number of rotatable bonds is 12. The van der Waals surface area contributed by atoms with Gasteiger partial charge in [-0.15, -0.1) is 9.42 Å². The molecular formula is C19H35NO4P+. The minimum absolute atomic E-state index is 0.376. The minimum Gasteiger partial charge on any atom is -0.508 e. The molecule has 0 aromatic heterocycles. The summed E-state index contributed by atoms with van der Waals surface area (Å²) in [6, 6.07) is 7.39. The molecule has 0 heterocycles. The molecule has 1 aromatic carbocycles. The lowest BCUT2D eigenvalue weighted by atomic mass is 10.1. The van der Waals surface area contributed by atoms with E-state index in [2.05, 4.69) is 11.4 Å². The summed E-state index contributed by atoms with van der Waals surface area (Å²) in [7, 11) is 1.57. The lowest BCUT2D eigenvalue weighted by molar-refractivity contribution is 0.273. The SMILES string of the molecule is CCCCCCCCCCO[P+](=O)O.CN(C)Cc1ccccc1O. The zero-order valence-electron chi connectivity index (χ0n) is 16.0. The van der Waals surface area contributed by atoms with Gasteiger partial charge < -0.3 is 10.0 Å². The quantitative estimate of drug-likeness (QED) is 0.387. The Kier molecular flexibility index (Phi) is 15.8. The van der Waals surface area contributed by atoms with Crippen LogP contribution in [0.5, 0.6) is 5.75 Å². The molecule has 0 spiro atoms. The predicted octanol–water partition coefficient (Wildman–Crippen LogP) is 5.25. The number of benzene rings is 1. The maximum absolute atomic E-state index is 10.1. The van der Waals surface area contributed by atoms with Crippen molar-refractivity contribution in [3.05, 3.63) is 29.8 Å². The number of phenolic OH excluding ortho intramolecular Hbond substituents is 1. The molecule has 0 aliphatic carbocycles. The molecule has 0 fully saturated rings. The molecule has 6 heteroatoms. The predicted molar refractivity (Wildman–Crippen MR) is 104 cm³/mol. The Morgan fingerprint density at radius 2 is 1.56 bits per heavy atom. The molecule has 0 radical (unpaired) electrons. The Morgan fingerprint density at radius 1 is 1.00 bits per heavy atom. The van der Waals surface area contributed by atoms with Crippen molar-refractivity contribution in [3.8, 4) is 5.75 Å². The second kappa shape index (κ2) is 16.5. The number of hydrogen-bond donors (Lipinski definition) is 2. The van der Waals surface area contributed by atoms with Gasteiger partial charge in [-0.2, -0.15) is 0 Å². The van der Waals surface area contributed by atoms with Crippen LogP contribution < -0.4 is 0 Å². The van der Waals surface area contributed by atoms with Crippen molar-refractivity contribution >= 4 is 8.25 Å². The number of aromatic hydroxyl groups is 1. The summed E-state index contributed by atoms with van der Waals surface area (Å²) in [5, 5.41) is 9.33. The maximum Gasteiger partial charge on any atom is 0.694 e. The van der Waals surface area contributed by atoms with E-state index in [-0.39, 0.29) is 0 Å². The molecule has 2 N–H and O–H groups in total. The lowest BCUT2D eigenvalue weighted by Crippen LogP contribution is -2.10. The van der Waals surface area contributed by atoms with Crippen LogP contribution in [-0.2, 0) is 15.6 Å². The molecule has 0 bridgehead atoms. The van der Waals surface area contributed by atoms with Gasteiger partial charge in [0.1, 0.15) is 12.4 Å². The van der Waals surface area contributed by atoms with E-state index < -0.39 is 8.25 Å². The van der Waals surface area contributed by atoms with Crippen molar-refractivity contribution < 1.29 is 19.1 Å². The molecule has 1 aromatic rings. The average Bonchev–Trinajstić information content (AvgIpc) is 2.55. The number of para-hydroxylation sites is 1. The number of hydrogen-bond acceptors (Lipinski definition) is 4. The molecule has 1 unspecified atom stereocenters. The van der Waals surface area contributed by atoms with Crippen LogP contribution in [0.25, 0.3) is 0 Å². The van der Waals surface area contributed by atoms with E-state index in [1.165, 1.54) is 38.5 Å². The van der Waals surface area contributed by atoms with Gasteiger partial charge in [0, 0.05) is 16.7 Å². The largest absolute Gasteiger partial charge is 0.694 e. The Balaban J connectivity index is 0.000000472. The number of unbranched alkanes of at least 4 members (excludes halogenated alkanes) is 7. The van der Waals surface area contributed by atoms with Crippen LogP contribution in [0.4, 0.5) is 0 Å². The van der Waals surface area contributed by atoms with Gasteiger partial charge in [0.05, 0.1) is 0 Å². The van der Waals surface area contributed by atoms with Gasteiger partial charge in [-0.3, -0.25) is 0 Å². The fraction of sp³-hybridized carbons (Fsp3) is 0.684. The zero-order chi connectivity index (χ0) is 18.9. The van der Waals surface area contributed by atoms with Gasteiger partial charge in [-0.25, -0.2) is 0 Å². The molecule has 0 amide bonds. The summed E-state index contributed by atoms with van der Waals surface area (Å²) in [5.41, 5.74) is 0.970. The van der Waals surface area contributed by atoms with Crippen LogP contribution in [0.15, 0.2) is 24.3 Å². The molecule has 0 aliphatic rings. The van der Waals surface area contributed by atoms with Crippen LogP contribution in [0, 0.1) is 0 Å². The van der Waals surface area contributed by atoms with Gasteiger partial charge >= 0.3 is 8.25 Å². The molecule has 1 rings (SSSR count). The zero-order valence-corrected chi connectivity index (χ0v) is 16.9. The Labute approximate surface area is 154 Å². The van der Waals surface area contributed by atoms with Crippen LogP contribution in [0.1, 0.15) is 63.9 Å². The Hall–Kier alpha value is -1.00. The highest BCUT2D eigenvalue weighted by Crippen LogP contribution is 2.16. The Morgan fingerprint density at radius 3 is 2.08 bits per heavy atom. The summed E-state index contributed by atoms with van der Waals surface area (Å²) in [6.07, 6.45) is 9.80. The Bertz CT molecular complexity index is 455. The standard InChI is InChI=1S/C10H21O3P.C9H13NO/c1-2-3-4-5-6-7-8-9-10-13-14(11)12;1-10(2)7-8-5-3-4-6-9(8)11/h2-10H2,1H3;3-6,11H,7H2,1-2H3/p+1. The molecule has 0 aliphatic heterocycles. The van der Waals surface area contributed by atoms with E-state index in [0.29, 0.717) is 12.4 Å². The topological polar surface area (TPSA) is 70.0 Å². The first-order chi connectivity index (χ1) is 12.0.